The molecule has 1 aromatic heterocycles. The topological polar surface area (TPSA) is 79.9 Å². The van der Waals surface area contributed by atoms with Crippen molar-refractivity contribution in [1.82, 2.24) is 0 Å². The second kappa shape index (κ2) is 7.04. The van der Waals surface area contributed by atoms with Gasteiger partial charge in [0.1, 0.15) is 39.9 Å². The van der Waals surface area contributed by atoms with Crippen LogP contribution in [0.3, 0.4) is 0 Å². The van der Waals surface area contributed by atoms with Crippen molar-refractivity contribution in [3.63, 3.8) is 0 Å². The Hall–Kier alpha value is -2.69. The highest BCUT2D eigenvalue weighted by atomic mass is 16.5. The minimum atomic E-state index is -0.373. The third-order valence-electron chi connectivity index (χ3n) is 5.96. The average molecular weight is 382 g/mol. The van der Waals surface area contributed by atoms with Crippen LogP contribution in [0.5, 0.6) is 17.2 Å². The lowest BCUT2D eigenvalue weighted by Gasteiger charge is -2.37. The molecule has 2 N–H and O–H groups in total. The summed E-state index contributed by atoms with van der Waals surface area (Å²) in [5, 5.41) is 20.5. The molecule has 0 aliphatic heterocycles. The molecular formula is C23H26O5. The van der Waals surface area contributed by atoms with Crippen molar-refractivity contribution in [2.75, 3.05) is 0 Å². The predicted octanol–water partition coefficient (Wildman–Crippen LogP) is 5.20. The number of rotatable bonds is 3. The van der Waals surface area contributed by atoms with Gasteiger partial charge in [-0.15, -0.1) is 0 Å². The Labute approximate surface area is 163 Å². The van der Waals surface area contributed by atoms with E-state index in [1.54, 1.807) is 12.1 Å². The summed E-state index contributed by atoms with van der Waals surface area (Å²) in [4.78, 5) is 12.8. The van der Waals surface area contributed by atoms with E-state index in [2.05, 4.69) is 20.8 Å². The first-order chi connectivity index (χ1) is 13.3. The zero-order valence-electron chi connectivity index (χ0n) is 16.4. The monoisotopic (exact) mass is 382 g/mol. The fourth-order valence-corrected chi connectivity index (χ4v) is 4.42. The van der Waals surface area contributed by atoms with Crippen LogP contribution in [0, 0.1) is 17.8 Å². The number of hydrogen-bond acceptors (Lipinski definition) is 5. The van der Waals surface area contributed by atoms with E-state index in [0.717, 1.165) is 12.8 Å². The standard InChI is InChI=1S/C23H26O5/c1-12(2)16-6-4-13(3)8-20(16)27-15-10-18(25)22-21(11-15)28-19-7-5-14(24)9-17(19)23(22)26/h5,7,9-13,16,20,24-25H,4,6,8H2,1-3H3. The molecule has 1 aliphatic carbocycles. The molecule has 3 unspecified atom stereocenters. The maximum Gasteiger partial charge on any atom is 0.204 e. The van der Waals surface area contributed by atoms with Crippen LogP contribution in [0.2, 0.25) is 0 Å². The van der Waals surface area contributed by atoms with E-state index < -0.39 is 0 Å². The Morgan fingerprint density at radius 2 is 1.89 bits per heavy atom. The lowest BCUT2D eigenvalue weighted by molar-refractivity contribution is 0.0459. The fraction of sp³-hybridized carbons (Fsp3) is 0.435. The van der Waals surface area contributed by atoms with Gasteiger partial charge in [-0.1, -0.05) is 27.2 Å². The number of aromatic hydroxyl groups is 2. The summed E-state index contributed by atoms with van der Waals surface area (Å²) >= 11 is 0. The van der Waals surface area contributed by atoms with Crippen LogP contribution in [0.15, 0.2) is 39.5 Å². The molecule has 2 aromatic carbocycles. The lowest BCUT2D eigenvalue weighted by atomic mass is 9.75. The second-order valence-corrected chi connectivity index (χ2v) is 8.41. The van der Waals surface area contributed by atoms with Gasteiger partial charge in [0.25, 0.3) is 0 Å². The molecule has 5 nitrogen and oxygen atoms in total. The quantitative estimate of drug-likeness (QED) is 0.609. The van der Waals surface area contributed by atoms with E-state index in [9.17, 15) is 15.0 Å². The van der Waals surface area contributed by atoms with Crippen LogP contribution in [-0.2, 0) is 0 Å². The number of hydrogen-bond donors (Lipinski definition) is 2. The van der Waals surface area contributed by atoms with Crippen molar-refractivity contribution in [2.24, 2.45) is 17.8 Å². The first-order valence-electron chi connectivity index (χ1n) is 9.92. The molecule has 3 aromatic rings. The summed E-state index contributed by atoms with van der Waals surface area (Å²) in [5.41, 5.74) is 0.267. The first-order valence-corrected chi connectivity index (χ1v) is 9.92. The van der Waals surface area contributed by atoms with E-state index >= 15 is 0 Å². The van der Waals surface area contributed by atoms with Crippen LogP contribution in [0.1, 0.15) is 40.0 Å². The molecule has 1 fully saturated rings. The minimum Gasteiger partial charge on any atom is -0.508 e. The molecule has 0 radical (unpaired) electrons. The van der Waals surface area contributed by atoms with E-state index in [1.807, 2.05) is 0 Å². The van der Waals surface area contributed by atoms with Crippen LogP contribution >= 0.6 is 0 Å². The highest BCUT2D eigenvalue weighted by molar-refractivity contribution is 5.94. The molecule has 1 heterocycles. The molecular weight excluding hydrogens is 356 g/mol. The molecule has 4 rings (SSSR count). The second-order valence-electron chi connectivity index (χ2n) is 8.41. The number of phenols is 2. The summed E-state index contributed by atoms with van der Waals surface area (Å²) in [6, 6.07) is 7.53. The van der Waals surface area contributed by atoms with Crippen molar-refractivity contribution in [3.8, 4) is 17.2 Å². The van der Waals surface area contributed by atoms with Crippen LogP contribution < -0.4 is 10.2 Å². The molecule has 148 valence electrons. The normalized spacial score (nSPS) is 22.8. The van der Waals surface area contributed by atoms with Gasteiger partial charge in [-0.05, 0) is 48.8 Å². The van der Waals surface area contributed by atoms with Crippen molar-refractivity contribution in [2.45, 2.75) is 46.1 Å². The third kappa shape index (κ3) is 3.30. The zero-order valence-corrected chi connectivity index (χ0v) is 16.4. The Kier molecular flexibility index (Phi) is 4.69. The zero-order chi connectivity index (χ0) is 20.0. The molecule has 0 spiro atoms. The number of phenolic OH excluding ortho intramolecular Hbond substituents is 2. The molecule has 28 heavy (non-hydrogen) atoms. The molecule has 1 aliphatic rings. The lowest BCUT2D eigenvalue weighted by Crippen LogP contribution is -2.36. The van der Waals surface area contributed by atoms with Crippen molar-refractivity contribution in [3.05, 3.63) is 40.6 Å². The summed E-state index contributed by atoms with van der Waals surface area (Å²) in [5.74, 6) is 1.89. The summed E-state index contributed by atoms with van der Waals surface area (Å²) in [6.07, 6.45) is 3.39. The van der Waals surface area contributed by atoms with E-state index in [1.165, 1.54) is 24.6 Å². The van der Waals surface area contributed by atoms with E-state index in [0.29, 0.717) is 29.1 Å². The highest BCUT2D eigenvalue weighted by Gasteiger charge is 2.32. The molecule has 1 saturated carbocycles. The van der Waals surface area contributed by atoms with Crippen molar-refractivity contribution < 1.29 is 19.4 Å². The van der Waals surface area contributed by atoms with Gasteiger partial charge in [0.05, 0.1) is 5.39 Å². The average Bonchev–Trinajstić information content (AvgIpc) is 2.62. The van der Waals surface area contributed by atoms with Gasteiger partial charge in [0, 0.05) is 12.1 Å². The van der Waals surface area contributed by atoms with Gasteiger partial charge in [-0.2, -0.15) is 0 Å². The first kappa shape index (κ1) is 18.7. The molecule has 0 bridgehead atoms. The Balaban J connectivity index is 1.77. The highest BCUT2D eigenvalue weighted by Crippen LogP contribution is 2.38. The number of ether oxygens (including phenoxy) is 1. The maximum absolute atomic E-state index is 12.8. The summed E-state index contributed by atoms with van der Waals surface area (Å²) < 4.78 is 12.1. The molecule has 3 atom stereocenters. The van der Waals surface area contributed by atoms with Gasteiger partial charge in [0.15, 0.2) is 0 Å². The van der Waals surface area contributed by atoms with E-state index in [4.69, 9.17) is 9.15 Å². The third-order valence-corrected chi connectivity index (χ3v) is 5.96. The smallest absolute Gasteiger partial charge is 0.204 e. The number of benzene rings is 2. The molecule has 0 saturated heterocycles. The van der Waals surface area contributed by atoms with Gasteiger partial charge in [0.2, 0.25) is 5.43 Å². The maximum atomic E-state index is 12.8. The summed E-state index contributed by atoms with van der Waals surface area (Å²) in [6.45, 7) is 6.68. The Morgan fingerprint density at radius 3 is 2.64 bits per heavy atom. The fourth-order valence-electron chi connectivity index (χ4n) is 4.42. The molecule has 0 amide bonds. The van der Waals surface area contributed by atoms with Gasteiger partial charge in [-0.3, -0.25) is 4.79 Å². The largest absolute Gasteiger partial charge is 0.508 e. The van der Waals surface area contributed by atoms with Crippen LogP contribution in [0.4, 0.5) is 0 Å². The molecule has 5 heteroatoms. The van der Waals surface area contributed by atoms with Crippen molar-refractivity contribution in [1.29, 1.82) is 0 Å². The van der Waals surface area contributed by atoms with Gasteiger partial charge >= 0.3 is 0 Å². The van der Waals surface area contributed by atoms with Crippen LogP contribution in [0.25, 0.3) is 21.9 Å². The Bertz CT molecular complexity index is 1080. The predicted molar refractivity (Wildman–Crippen MR) is 109 cm³/mol. The SMILES string of the molecule is CC1CCC(C(C)C)C(Oc2cc(O)c3c(=O)c4cc(O)ccc4oc3c2)C1. The van der Waals surface area contributed by atoms with Crippen molar-refractivity contribution >= 4 is 21.9 Å². The number of fused-ring (bicyclic) bond motifs is 2. The van der Waals surface area contributed by atoms with E-state index in [-0.39, 0.29) is 39.4 Å². The van der Waals surface area contributed by atoms with Gasteiger partial charge < -0.3 is 19.4 Å². The minimum absolute atomic E-state index is 0.0234. The van der Waals surface area contributed by atoms with Gasteiger partial charge in [-0.25, -0.2) is 0 Å². The van der Waals surface area contributed by atoms with Crippen LogP contribution in [-0.4, -0.2) is 16.3 Å². The Morgan fingerprint density at radius 1 is 1.11 bits per heavy atom. The summed E-state index contributed by atoms with van der Waals surface area (Å²) in [7, 11) is 0.